The van der Waals surface area contributed by atoms with Gasteiger partial charge in [-0.1, -0.05) is 0 Å². The van der Waals surface area contributed by atoms with Crippen LogP contribution in [0.15, 0.2) is 0 Å². The maximum atomic E-state index is 5.89. The second-order valence-corrected chi connectivity index (χ2v) is 6.85. The van der Waals surface area contributed by atoms with Gasteiger partial charge in [0.05, 0.1) is 11.4 Å². The van der Waals surface area contributed by atoms with Gasteiger partial charge in [-0.15, -0.1) is 0 Å². The van der Waals surface area contributed by atoms with E-state index in [1.54, 1.807) is 0 Å². The van der Waals surface area contributed by atoms with Gasteiger partial charge in [0.1, 0.15) is 5.82 Å². The molecule has 0 spiro atoms. The molecule has 1 aromatic heterocycles. The Morgan fingerprint density at radius 1 is 1.11 bits per heavy atom. The Morgan fingerprint density at radius 3 is 2.28 bits per heavy atom. The van der Waals surface area contributed by atoms with Crippen molar-refractivity contribution in [1.29, 1.82) is 0 Å². The summed E-state index contributed by atoms with van der Waals surface area (Å²) in [6, 6.07) is 0. The average molecular weight is 245 g/mol. The predicted octanol–water partition coefficient (Wildman–Crippen LogP) is 2.72. The van der Waals surface area contributed by atoms with Crippen molar-refractivity contribution >= 4 is 0 Å². The number of nitrogens with two attached hydrogens (primary N) is 1. The third kappa shape index (κ3) is 1.49. The van der Waals surface area contributed by atoms with Crippen LogP contribution in [0.5, 0.6) is 0 Å². The third-order valence-electron chi connectivity index (χ3n) is 5.68. The molecule has 5 rings (SSSR count). The molecule has 4 fully saturated rings. The number of H-pyrrole nitrogens is 1. The first kappa shape index (κ1) is 11.0. The lowest BCUT2D eigenvalue weighted by Gasteiger charge is -2.54. The van der Waals surface area contributed by atoms with E-state index < -0.39 is 0 Å². The van der Waals surface area contributed by atoms with Crippen molar-refractivity contribution in [2.24, 2.45) is 29.4 Å². The van der Waals surface area contributed by atoms with Gasteiger partial charge in [0.2, 0.25) is 0 Å². The molecule has 4 aliphatic carbocycles. The van der Waals surface area contributed by atoms with Crippen LogP contribution in [0.3, 0.4) is 0 Å². The Bertz CT molecular complexity index is 434. The summed E-state index contributed by atoms with van der Waals surface area (Å²) in [6.45, 7) is 2.66. The van der Waals surface area contributed by atoms with Crippen LogP contribution in [-0.2, 0) is 6.54 Å². The fourth-order valence-corrected chi connectivity index (χ4v) is 5.36. The molecule has 0 saturated heterocycles. The second kappa shape index (κ2) is 3.83. The number of nitrogens with one attached hydrogen (secondary N) is 1. The van der Waals surface area contributed by atoms with Crippen molar-refractivity contribution in [3.8, 4) is 0 Å². The monoisotopic (exact) mass is 245 g/mol. The van der Waals surface area contributed by atoms with Crippen molar-refractivity contribution < 1.29 is 0 Å². The van der Waals surface area contributed by atoms with Crippen molar-refractivity contribution in [2.45, 2.75) is 51.5 Å². The zero-order valence-electron chi connectivity index (χ0n) is 11.2. The van der Waals surface area contributed by atoms with E-state index in [1.807, 2.05) is 0 Å². The Kier molecular flexibility index (Phi) is 2.35. The third-order valence-corrected chi connectivity index (χ3v) is 5.68. The molecule has 1 heterocycles. The molecule has 0 amide bonds. The first-order valence-corrected chi connectivity index (χ1v) is 7.50. The zero-order chi connectivity index (χ0) is 12.3. The minimum absolute atomic E-state index is 0.610. The summed E-state index contributed by atoms with van der Waals surface area (Å²) in [5.74, 6) is 5.61. The number of hydrogen-bond acceptors (Lipinski definition) is 2. The van der Waals surface area contributed by atoms with Crippen LogP contribution in [0, 0.1) is 30.6 Å². The summed E-state index contributed by atoms with van der Waals surface area (Å²) in [4.78, 5) is 8.16. The van der Waals surface area contributed by atoms with Crippen molar-refractivity contribution in [1.82, 2.24) is 9.97 Å². The standard InChI is InChI=1S/C15H23N3/c1-8-17-13(7-16)15(18-8)14-11-3-9-2-10(5-11)6-12(14)4-9/h9-12,14H,2-7,16H2,1H3,(H,17,18). The first-order chi connectivity index (χ1) is 8.74. The summed E-state index contributed by atoms with van der Waals surface area (Å²) < 4.78 is 0. The molecule has 3 N–H and O–H groups in total. The number of aromatic amines is 1. The summed E-state index contributed by atoms with van der Waals surface area (Å²) in [7, 11) is 0. The van der Waals surface area contributed by atoms with Crippen LogP contribution in [0.25, 0.3) is 0 Å². The molecule has 0 radical (unpaired) electrons. The van der Waals surface area contributed by atoms with Crippen molar-refractivity contribution in [2.75, 3.05) is 0 Å². The molecule has 4 aliphatic rings. The van der Waals surface area contributed by atoms with Crippen LogP contribution in [0.2, 0.25) is 0 Å². The lowest BCUT2D eigenvalue weighted by molar-refractivity contribution is -0.00433. The van der Waals surface area contributed by atoms with Crippen LogP contribution < -0.4 is 5.73 Å². The van der Waals surface area contributed by atoms with Gasteiger partial charge >= 0.3 is 0 Å². The lowest BCUT2D eigenvalue weighted by atomic mass is 9.51. The predicted molar refractivity (Wildman–Crippen MR) is 71.0 cm³/mol. The Labute approximate surface area is 109 Å². The van der Waals surface area contributed by atoms with Gasteiger partial charge in [0.25, 0.3) is 0 Å². The molecule has 18 heavy (non-hydrogen) atoms. The van der Waals surface area contributed by atoms with E-state index in [2.05, 4.69) is 11.9 Å². The molecule has 3 heteroatoms. The van der Waals surface area contributed by atoms with Gasteiger partial charge < -0.3 is 10.7 Å². The number of imidazole rings is 1. The largest absolute Gasteiger partial charge is 0.345 e. The molecular weight excluding hydrogens is 222 g/mol. The summed E-state index contributed by atoms with van der Waals surface area (Å²) >= 11 is 0. The maximum absolute atomic E-state index is 5.89. The fraction of sp³-hybridized carbons (Fsp3) is 0.800. The highest BCUT2D eigenvalue weighted by molar-refractivity contribution is 5.23. The molecule has 4 bridgehead atoms. The number of rotatable bonds is 2. The number of nitrogens with zero attached hydrogens (tertiary/aromatic N) is 1. The van der Waals surface area contributed by atoms with E-state index >= 15 is 0 Å². The number of aryl methyl sites for hydroxylation is 1. The van der Waals surface area contributed by atoms with E-state index in [1.165, 1.54) is 43.5 Å². The van der Waals surface area contributed by atoms with Crippen LogP contribution >= 0.6 is 0 Å². The quantitative estimate of drug-likeness (QED) is 0.841. The van der Waals surface area contributed by atoms with Gasteiger partial charge in [-0.05, 0) is 62.7 Å². The van der Waals surface area contributed by atoms with Gasteiger partial charge in [-0.3, -0.25) is 0 Å². The van der Waals surface area contributed by atoms with Crippen LogP contribution in [0.1, 0.15) is 55.2 Å². The van der Waals surface area contributed by atoms with Gasteiger partial charge in [-0.25, -0.2) is 4.98 Å². The fourth-order valence-electron chi connectivity index (χ4n) is 5.36. The summed E-state index contributed by atoms with van der Waals surface area (Å²) in [5, 5.41) is 0. The molecule has 0 atom stereocenters. The SMILES string of the molecule is Cc1nc(C2C3CC4CC(C3)CC2C4)c(CN)[nH]1. The zero-order valence-corrected chi connectivity index (χ0v) is 11.2. The molecule has 4 saturated carbocycles. The van der Waals surface area contributed by atoms with E-state index in [-0.39, 0.29) is 0 Å². The van der Waals surface area contributed by atoms with Crippen molar-refractivity contribution in [3.05, 3.63) is 17.2 Å². The molecule has 1 aromatic rings. The highest BCUT2D eigenvalue weighted by Crippen LogP contribution is 2.59. The van der Waals surface area contributed by atoms with Crippen molar-refractivity contribution in [3.63, 3.8) is 0 Å². The number of aromatic nitrogens is 2. The first-order valence-electron chi connectivity index (χ1n) is 7.50. The summed E-state index contributed by atoms with van der Waals surface area (Å²) in [5.41, 5.74) is 8.41. The minimum atomic E-state index is 0.610. The summed E-state index contributed by atoms with van der Waals surface area (Å²) in [6.07, 6.45) is 7.32. The Morgan fingerprint density at radius 2 is 1.72 bits per heavy atom. The van der Waals surface area contributed by atoms with E-state index in [9.17, 15) is 0 Å². The molecule has 3 nitrogen and oxygen atoms in total. The minimum Gasteiger partial charge on any atom is -0.345 e. The Balaban J connectivity index is 1.72. The highest BCUT2D eigenvalue weighted by atomic mass is 14.9. The lowest BCUT2D eigenvalue weighted by Crippen LogP contribution is -2.44. The Hall–Kier alpha value is -0.830. The van der Waals surface area contributed by atoms with E-state index in [4.69, 9.17) is 10.7 Å². The second-order valence-electron chi connectivity index (χ2n) is 6.85. The van der Waals surface area contributed by atoms with Gasteiger partial charge in [0.15, 0.2) is 0 Å². The molecule has 0 unspecified atom stereocenters. The van der Waals surface area contributed by atoms with Gasteiger partial charge in [0, 0.05) is 12.5 Å². The molecule has 0 aromatic carbocycles. The average Bonchev–Trinajstić information content (AvgIpc) is 2.69. The smallest absolute Gasteiger partial charge is 0.103 e. The topological polar surface area (TPSA) is 54.7 Å². The van der Waals surface area contributed by atoms with Gasteiger partial charge in [-0.2, -0.15) is 0 Å². The van der Waals surface area contributed by atoms with E-state index in [0.717, 1.165) is 29.5 Å². The number of hydrogen-bond donors (Lipinski definition) is 2. The normalized spacial score (nSPS) is 41.6. The molecule has 0 aliphatic heterocycles. The highest BCUT2D eigenvalue weighted by Gasteiger charge is 2.49. The molecule has 98 valence electrons. The van der Waals surface area contributed by atoms with Crippen LogP contribution in [0.4, 0.5) is 0 Å². The van der Waals surface area contributed by atoms with Crippen LogP contribution in [-0.4, -0.2) is 9.97 Å². The van der Waals surface area contributed by atoms with E-state index in [0.29, 0.717) is 12.5 Å². The molecular formula is C15H23N3. The maximum Gasteiger partial charge on any atom is 0.103 e.